The first kappa shape index (κ1) is 12.9. The van der Waals surface area contributed by atoms with E-state index in [-0.39, 0.29) is 5.41 Å². The molecule has 0 bridgehead atoms. The van der Waals surface area contributed by atoms with Crippen LogP contribution in [0.25, 0.3) is 0 Å². The highest BCUT2D eigenvalue weighted by Gasteiger charge is 2.40. The van der Waals surface area contributed by atoms with Gasteiger partial charge in [-0.3, -0.25) is 4.79 Å². The van der Waals surface area contributed by atoms with Crippen LogP contribution in [0.15, 0.2) is 0 Å². The first-order valence-electron chi connectivity index (χ1n) is 7.05. The van der Waals surface area contributed by atoms with Crippen LogP contribution in [0.2, 0.25) is 0 Å². The molecule has 2 fully saturated rings. The fourth-order valence-electron chi connectivity index (χ4n) is 3.25. The highest BCUT2D eigenvalue weighted by molar-refractivity contribution is 5.82. The van der Waals surface area contributed by atoms with Gasteiger partial charge in [0.15, 0.2) is 0 Å². The lowest BCUT2D eigenvalue weighted by Crippen LogP contribution is -2.52. The van der Waals surface area contributed by atoms with Crippen LogP contribution in [-0.2, 0) is 4.79 Å². The van der Waals surface area contributed by atoms with Crippen LogP contribution in [0.3, 0.4) is 0 Å². The molecule has 2 saturated heterocycles. The van der Waals surface area contributed by atoms with E-state index in [4.69, 9.17) is 0 Å². The predicted octanol–water partition coefficient (Wildman–Crippen LogP) is 2.02. The van der Waals surface area contributed by atoms with E-state index < -0.39 is 0 Å². The van der Waals surface area contributed by atoms with Crippen LogP contribution >= 0.6 is 0 Å². The van der Waals surface area contributed by atoms with E-state index in [0.717, 1.165) is 38.4 Å². The maximum absolute atomic E-state index is 12.7. The number of nitrogens with zero attached hydrogens (tertiary/aromatic N) is 1. The molecule has 0 saturated carbocycles. The summed E-state index contributed by atoms with van der Waals surface area (Å²) in [5.41, 5.74) is -0.111. The molecule has 2 aliphatic heterocycles. The van der Waals surface area contributed by atoms with E-state index in [9.17, 15) is 4.79 Å². The Balaban J connectivity index is 2.03. The molecule has 0 aromatic carbocycles. The van der Waals surface area contributed by atoms with Crippen LogP contribution in [0, 0.1) is 11.3 Å². The fourth-order valence-corrected chi connectivity index (χ4v) is 3.25. The molecule has 1 N–H and O–H groups in total. The van der Waals surface area contributed by atoms with Crippen LogP contribution in [-0.4, -0.2) is 36.5 Å². The first-order chi connectivity index (χ1) is 8.03. The van der Waals surface area contributed by atoms with Gasteiger partial charge in [0.1, 0.15) is 0 Å². The molecule has 2 rings (SSSR count). The van der Waals surface area contributed by atoms with Crippen molar-refractivity contribution in [1.29, 1.82) is 0 Å². The maximum atomic E-state index is 12.7. The number of hydrogen-bond donors (Lipinski definition) is 1. The first-order valence-corrected chi connectivity index (χ1v) is 7.05. The molecule has 0 radical (unpaired) electrons. The maximum Gasteiger partial charge on any atom is 0.228 e. The van der Waals surface area contributed by atoms with Gasteiger partial charge in [0.05, 0.1) is 0 Å². The number of amides is 1. The number of piperidine rings is 2. The molecule has 0 aromatic rings. The molecule has 3 heteroatoms. The lowest BCUT2D eigenvalue weighted by Gasteiger charge is -2.43. The van der Waals surface area contributed by atoms with Crippen LogP contribution in [0.4, 0.5) is 0 Å². The van der Waals surface area contributed by atoms with Crippen molar-refractivity contribution >= 4 is 5.91 Å². The van der Waals surface area contributed by atoms with Crippen molar-refractivity contribution < 1.29 is 4.79 Å². The van der Waals surface area contributed by atoms with E-state index in [2.05, 4.69) is 31.0 Å². The zero-order valence-electron chi connectivity index (χ0n) is 11.5. The minimum Gasteiger partial charge on any atom is -0.340 e. The van der Waals surface area contributed by atoms with E-state index in [1.54, 1.807) is 0 Å². The molecule has 3 nitrogen and oxygen atoms in total. The Bertz CT molecular complexity index is 284. The highest BCUT2D eigenvalue weighted by atomic mass is 16.2. The third-order valence-electron chi connectivity index (χ3n) is 4.62. The van der Waals surface area contributed by atoms with Crippen LogP contribution in [0.5, 0.6) is 0 Å². The molecular weight excluding hydrogens is 212 g/mol. The molecule has 2 unspecified atom stereocenters. The predicted molar refractivity (Wildman–Crippen MR) is 69.8 cm³/mol. The van der Waals surface area contributed by atoms with Gasteiger partial charge in [-0.05, 0) is 51.6 Å². The molecule has 0 aliphatic carbocycles. The van der Waals surface area contributed by atoms with Crippen LogP contribution < -0.4 is 5.32 Å². The number of carbonyl (C=O) groups excluding carboxylic acids is 1. The highest BCUT2D eigenvalue weighted by Crippen LogP contribution is 2.33. The van der Waals surface area contributed by atoms with Gasteiger partial charge in [-0.1, -0.05) is 13.8 Å². The Morgan fingerprint density at radius 2 is 1.94 bits per heavy atom. The quantitative estimate of drug-likeness (QED) is 0.758. The molecular formula is C14H26N2O. The van der Waals surface area contributed by atoms with Gasteiger partial charge in [-0.25, -0.2) is 0 Å². The zero-order chi connectivity index (χ0) is 12.5. The summed E-state index contributed by atoms with van der Waals surface area (Å²) in [5.74, 6) is 1.17. The fraction of sp³-hybridized carbons (Fsp3) is 0.929. The molecule has 0 aromatic heterocycles. The monoisotopic (exact) mass is 238 g/mol. The molecule has 1 amide bonds. The normalized spacial score (nSPS) is 33.5. The van der Waals surface area contributed by atoms with Crippen molar-refractivity contribution in [2.24, 2.45) is 11.3 Å². The summed E-state index contributed by atoms with van der Waals surface area (Å²) in [4.78, 5) is 14.8. The Hall–Kier alpha value is -0.570. The summed E-state index contributed by atoms with van der Waals surface area (Å²) in [6.07, 6.45) is 4.32. The summed E-state index contributed by atoms with van der Waals surface area (Å²) in [6.45, 7) is 9.59. The second-order valence-electron chi connectivity index (χ2n) is 6.29. The Kier molecular flexibility index (Phi) is 3.76. The van der Waals surface area contributed by atoms with Gasteiger partial charge >= 0.3 is 0 Å². The standard InChI is InChI=1S/C14H26N2O/c1-11-4-9-16(12(2)10-11)13(17)14(3)5-7-15-8-6-14/h11-12,15H,4-10H2,1-3H3. The molecule has 0 spiro atoms. The molecule has 2 aliphatic rings. The zero-order valence-corrected chi connectivity index (χ0v) is 11.5. The molecule has 98 valence electrons. The number of hydrogen-bond acceptors (Lipinski definition) is 2. The Morgan fingerprint density at radius 3 is 2.53 bits per heavy atom. The van der Waals surface area contributed by atoms with Gasteiger partial charge in [-0.15, -0.1) is 0 Å². The third kappa shape index (κ3) is 2.65. The summed E-state index contributed by atoms with van der Waals surface area (Å²) in [5, 5.41) is 3.35. The van der Waals surface area contributed by atoms with E-state index >= 15 is 0 Å². The third-order valence-corrected chi connectivity index (χ3v) is 4.62. The Morgan fingerprint density at radius 1 is 1.29 bits per heavy atom. The van der Waals surface area contributed by atoms with Gasteiger partial charge in [0.25, 0.3) is 0 Å². The lowest BCUT2D eigenvalue weighted by molar-refractivity contribution is -0.146. The van der Waals surface area contributed by atoms with Crippen molar-refractivity contribution in [1.82, 2.24) is 10.2 Å². The van der Waals surface area contributed by atoms with Gasteiger partial charge in [0.2, 0.25) is 5.91 Å². The second kappa shape index (κ2) is 4.97. The van der Waals surface area contributed by atoms with Crippen LogP contribution in [0.1, 0.15) is 46.5 Å². The minimum atomic E-state index is -0.111. The molecule has 2 atom stereocenters. The van der Waals surface area contributed by atoms with Crippen molar-refractivity contribution in [2.75, 3.05) is 19.6 Å². The smallest absolute Gasteiger partial charge is 0.228 e. The van der Waals surface area contributed by atoms with Gasteiger partial charge in [-0.2, -0.15) is 0 Å². The van der Waals surface area contributed by atoms with E-state index in [0.29, 0.717) is 11.9 Å². The van der Waals surface area contributed by atoms with E-state index in [1.165, 1.54) is 12.8 Å². The average molecular weight is 238 g/mol. The van der Waals surface area contributed by atoms with Crippen molar-refractivity contribution in [3.63, 3.8) is 0 Å². The Labute approximate surface area is 105 Å². The topological polar surface area (TPSA) is 32.3 Å². The minimum absolute atomic E-state index is 0.111. The number of carbonyl (C=O) groups is 1. The van der Waals surface area contributed by atoms with Gasteiger partial charge in [0, 0.05) is 18.0 Å². The van der Waals surface area contributed by atoms with Crippen molar-refractivity contribution in [3.8, 4) is 0 Å². The number of nitrogens with one attached hydrogen (secondary N) is 1. The number of rotatable bonds is 1. The van der Waals surface area contributed by atoms with Gasteiger partial charge < -0.3 is 10.2 Å². The lowest BCUT2D eigenvalue weighted by atomic mass is 9.78. The van der Waals surface area contributed by atoms with Crippen molar-refractivity contribution in [2.45, 2.75) is 52.5 Å². The summed E-state index contributed by atoms with van der Waals surface area (Å²) < 4.78 is 0. The largest absolute Gasteiger partial charge is 0.340 e. The molecule has 2 heterocycles. The SMILES string of the molecule is CC1CCN(C(=O)C2(C)CCNCC2)C(C)C1. The number of likely N-dealkylation sites (tertiary alicyclic amines) is 1. The summed E-state index contributed by atoms with van der Waals surface area (Å²) in [7, 11) is 0. The van der Waals surface area contributed by atoms with E-state index in [1.807, 2.05) is 0 Å². The van der Waals surface area contributed by atoms with Crippen molar-refractivity contribution in [3.05, 3.63) is 0 Å². The summed E-state index contributed by atoms with van der Waals surface area (Å²) in [6, 6.07) is 0.429. The molecule has 17 heavy (non-hydrogen) atoms. The summed E-state index contributed by atoms with van der Waals surface area (Å²) >= 11 is 0. The second-order valence-corrected chi connectivity index (χ2v) is 6.29. The average Bonchev–Trinajstić information content (AvgIpc) is 2.29.